The topological polar surface area (TPSA) is 64.7 Å². The summed E-state index contributed by atoms with van der Waals surface area (Å²) in [7, 11) is 2.11. The third-order valence-corrected chi connectivity index (χ3v) is 7.27. The molecule has 1 aromatic carbocycles. The number of nitrogens with zero attached hydrogens (tertiary/aromatic N) is 2. The second kappa shape index (κ2) is 6.23. The highest BCUT2D eigenvalue weighted by atomic mass is 16.2. The highest BCUT2D eigenvalue weighted by Gasteiger charge is 2.55. The van der Waals surface area contributed by atoms with E-state index >= 15 is 0 Å². The molecule has 1 saturated heterocycles. The molecule has 2 bridgehead atoms. The van der Waals surface area contributed by atoms with Gasteiger partial charge in [-0.25, -0.2) is 0 Å². The molecule has 1 spiro atoms. The minimum atomic E-state index is -0.382. The maximum Gasteiger partial charge on any atom is 0.255 e. The summed E-state index contributed by atoms with van der Waals surface area (Å²) < 4.78 is 0. The number of hydrogen-bond donors (Lipinski definition) is 2. The van der Waals surface area contributed by atoms with Crippen LogP contribution in [0.3, 0.4) is 0 Å². The van der Waals surface area contributed by atoms with Crippen molar-refractivity contribution in [2.75, 3.05) is 38.5 Å². The van der Waals surface area contributed by atoms with Crippen LogP contribution in [0.2, 0.25) is 0 Å². The van der Waals surface area contributed by atoms with Crippen LogP contribution in [0.1, 0.15) is 36.0 Å². The van der Waals surface area contributed by atoms with Crippen LogP contribution in [-0.2, 0) is 4.79 Å². The Labute approximate surface area is 160 Å². The van der Waals surface area contributed by atoms with E-state index in [-0.39, 0.29) is 17.5 Å². The summed E-state index contributed by atoms with van der Waals surface area (Å²) in [5.74, 6) is 1.13. The van der Waals surface area contributed by atoms with E-state index in [1.165, 1.54) is 0 Å². The van der Waals surface area contributed by atoms with Gasteiger partial charge in [-0.3, -0.25) is 9.59 Å². The van der Waals surface area contributed by atoms with Crippen molar-refractivity contribution in [3.8, 4) is 0 Å². The Hall–Kier alpha value is -2.08. The second-order valence-electron chi connectivity index (χ2n) is 8.81. The van der Waals surface area contributed by atoms with Crippen molar-refractivity contribution in [3.63, 3.8) is 0 Å². The van der Waals surface area contributed by atoms with Gasteiger partial charge in [-0.05, 0) is 50.8 Å². The Morgan fingerprint density at radius 2 is 1.89 bits per heavy atom. The van der Waals surface area contributed by atoms with Gasteiger partial charge in [0.25, 0.3) is 5.91 Å². The number of fused-ring (bicyclic) bond motifs is 3. The van der Waals surface area contributed by atoms with E-state index in [0.717, 1.165) is 63.1 Å². The van der Waals surface area contributed by atoms with E-state index in [2.05, 4.69) is 27.5 Å². The number of piperazine rings is 1. The Morgan fingerprint density at radius 3 is 2.63 bits per heavy atom. The van der Waals surface area contributed by atoms with Crippen molar-refractivity contribution in [3.05, 3.63) is 29.8 Å². The molecule has 4 fully saturated rings. The van der Waals surface area contributed by atoms with Crippen molar-refractivity contribution < 1.29 is 9.59 Å². The predicted molar refractivity (Wildman–Crippen MR) is 103 cm³/mol. The summed E-state index contributed by atoms with van der Waals surface area (Å²) in [6.07, 6.45) is 3.90. The number of benzene rings is 1. The van der Waals surface area contributed by atoms with Gasteiger partial charge in [0.2, 0.25) is 5.91 Å². The van der Waals surface area contributed by atoms with Crippen molar-refractivity contribution in [2.24, 2.45) is 17.8 Å². The minimum Gasteiger partial charge on any atom is -0.362 e. The minimum absolute atomic E-state index is 0.0128. The number of carbonyl (C=O) groups excluding carboxylic acids is 2. The maximum atomic E-state index is 13.2. The van der Waals surface area contributed by atoms with E-state index in [1.54, 1.807) is 0 Å². The molecular formula is C21H28N4O2. The number of carbonyl (C=O) groups is 2. The second-order valence-corrected chi connectivity index (χ2v) is 8.81. The van der Waals surface area contributed by atoms with Gasteiger partial charge in [0.1, 0.15) is 5.66 Å². The van der Waals surface area contributed by atoms with Gasteiger partial charge in [0, 0.05) is 43.7 Å². The molecule has 2 N–H and O–H groups in total. The van der Waals surface area contributed by atoms with Crippen LogP contribution in [0.25, 0.3) is 0 Å². The van der Waals surface area contributed by atoms with E-state index in [1.807, 2.05) is 24.3 Å². The summed E-state index contributed by atoms with van der Waals surface area (Å²) in [5, 5.41) is 6.94. The molecule has 5 aliphatic rings. The molecule has 6 heteroatoms. The largest absolute Gasteiger partial charge is 0.362 e. The van der Waals surface area contributed by atoms with Gasteiger partial charge in [-0.2, -0.15) is 0 Å². The lowest BCUT2D eigenvalue weighted by molar-refractivity contribution is -0.144. The molecular weight excluding hydrogens is 340 g/mol. The zero-order chi connectivity index (χ0) is 18.6. The molecule has 2 heterocycles. The number of likely N-dealkylation sites (N-methyl/N-ethyl adjacent to an activating group) is 1. The van der Waals surface area contributed by atoms with E-state index in [4.69, 9.17) is 0 Å². The van der Waals surface area contributed by atoms with Gasteiger partial charge >= 0.3 is 0 Å². The average molecular weight is 368 g/mol. The zero-order valence-corrected chi connectivity index (χ0v) is 15.9. The van der Waals surface area contributed by atoms with Crippen molar-refractivity contribution in [1.29, 1.82) is 0 Å². The van der Waals surface area contributed by atoms with Crippen molar-refractivity contribution in [2.45, 2.75) is 31.3 Å². The highest BCUT2D eigenvalue weighted by Crippen LogP contribution is 2.52. The fourth-order valence-electron chi connectivity index (χ4n) is 5.71. The smallest absolute Gasteiger partial charge is 0.255 e. The molecule has 3 aliphatic carbocycles. The molecule has 0 aromatic heterocycles. The summed E-state index contributed by atoms with van der Waals surface area (Å²) in [6.45, 7) is 3.61. The first kappa shape index (κ1) is 17.0. The Morgan fingerprint density at radius 1 is 1.11 bits per heavy atom. The van der Waals surface area contributed by atoms with Gasteiger partial charge in [-0.1, -0.05) is 12.1 Å². The summed E-state index contributed by atoms with van der Waals surface area (Å²) >= 11 is 0. The number of hydrogen-bond acceptors (Lipinski definition) is 4. The Kier molecular flexibility index (Phi) is 3.93. The number of nitrogens with one attached hydrogen (secondary N) is 2. The Bertz CT molecular complexity index is 773. The molecule has 1 aromatic rings. The lowest BCUT2D eigenvalue weighted by Gasteiger charge is -2.57. The van der Waals surface area contributed by atoms with Gasteiger partial charge in [-0.15, -0.1) is 0 Å². The van der Waals surface area contributed by atoms with Crippen molar-refractivity contribution in [1.82, 2.24) is 15.1 Å². The van der Waals surface area contributed by atoms with Crippen LogP contribution in [0.4, 0.5) is 5.69 Å². The zero-order valence-electron chi connectivity index (χ0n) is 15.9. The van der Waals surface area contributed by atoms with E-state index < -0.39 is 0 Å². The van der Waals surface area contributed by atoms with E-state index in [0.29, 0.717) is 17.7 Å². The van der Waals surface area contributed by atoms with E-state index in [9.17, 15) is 9.59 Å². The summed E-state index contributed by atoms with van der Waals surface area (Å²) in [6, 6.07) is 7.73. The summed E-state index contributed by atoms with van der Waals surface area (Å²) in [5.41, 5.74) is 1.26. The van der Waals surface area contributed by atoms with Crippen LogP contribution < -0.4 is 10.6 Å². The first-order chi connectivity index (χ1) is 13.1. The highest BCUT2D eigenvalue weighted by molar-refractivity contribution is 6.02. The predicted octanol–water partition coefficient (Wildman–Crippen LogP) is 1.75. The SMILES string of the molecule is CN1CCN(C(=O)[C@H]2C[C@H]3CC[C@@H]2C[C@@]32NC(=O)c3ccccc3N2)CC1. The molecule has 27 heavy (non-hydrogen) atoms. The normalized spacial score (nSPS) is 35.5. The molecule has 2 aliphatic heterocycles. The first-order valence-electron chi connectivity index (χ1n) is 10.2. The first-order valence-corrected chi connectivity index (χ1v) is 10.2. The fourth-order valence-corrected chi connectivity index (χ4v) is 5.71. The average Bonchev–Trinajstić information content (AvgIpc) is 2.68. The Balaban J connectivity index is 1.35. The van der Waals surface area contributed by atoms with Gasteiger partial charge < -0.3 is 20.4 Å². The standard InChI is InChI=1S/C21H28N4O2/c1-24-8-10-25(11-9-24)20(27)17-12-15-7-6-14(17)13-21(15)22-18-5-3-2-4-16(18)19(26)23-21/h2-5,14-15,17,22H,6-13H2,1H3,(H,23,26)/t14-,15-,17+,21-/m1/s1. The fraction of sp³-hybridized carbons (Fsp3) is 0.619. The van der Waals surface area contributed by atoms with Crippen LogP contribution in [0.5, 0.6) is 0 Å². The third-order valence-electron chi connectivity index (χ3n) is 7.27. The quantitative estimate of drug-likeness (QED) is 0.793. The molecule has 6 rings (SSSR count). The lowest BCUT2D eigenvalue weighted by atomic mass is 9.58. The van der Waals surface area contributed by atoms with Crippen molar-refractivity contribution >= 4 is 17.5 Å². The molecule has 3 saturated carbocycles. The molecule has 0 unspecified atom stereocenters. The van der Waals surface area contributed by atoms with Crippen LogP contribution in [0, 0.1) is 17.8 Å². The van der Waals surface area contributed by atoms with Crippen LogP contribution >= 0.6 is 0 Å². The number of rotatable bonds is 1. The van der Waals surface area contributed by atoms with Gasteiger partial charge in [0.05, 0.1) is 5.56 Å². The number of para-hydroxylation sites is 1. The third kappa shape index (κ3) is 2.73. The number of anilines is 1. The molecule has 4 atom stereocenters. The molecule has 2 amide bonds. The molecule has 6 nitrogen and oxygen atoms in total. The maximum absolute atomic E-state index is 13.2. The monoisotopic (exact) mass is 368 g/mol. The molecule has 144 valence electrons. The van der Waals surface area contributed by atoms with Crippen LogP contribution in [0.15, 0.2) is 24.3 Å². The van der Waals surface area contributed by atoms with Crippen LogP contribution in [-0.4, -0.2) is 60.5 Å². The summed E-state index contributed by atoms with van der Waals surface area (Å²) in [4.78, 5) is 30.2. The lowest BCUT2D eigenvalue weighted by Crippen LogP contribution is -2.68. The van der Waals surface area contributed by atoms with Gasteiger partial charge in [0.15, 0.2) is 0 Å². The number of amides is 2. The molecule has 0 radical (unpaired) electrons.